The molecule has 0 fully saturated rings. The zero-order valence-corrected chi connectivity index (χ0v) is 14.9. The van der Waals surface area contributed by atoms with Gasteiger partial charge in [0.05, 0.1) is 18.1 Å². The van der Waals surface area contributed by atoms with Gasteiger partial charge in [-0.1, -0.05) is 91.0 Å². The number of rotatable bonds is 6. The maximum Gasteiger partial charge on any atom is 0.224 e. The third kappa shape index (κ3) is 4.30. The first-order valence-corrected chi connectivity index (χ1v) is 8.90. The third-order valence-electron chi connectivity index (χ3n) is 4.18. The molecule has 1 N–H and O–H groups in total. The molecule has 0 radical (unpaired) electrons. The van der Waals surface area contributed by atoms with Gasteiger partial charge >= 0.3 is 0 Å². The Balaban J connectivity index is 1.62. The highest BCUT2D eigenvalue weighted by molar-refractivity contribution is 5.79. The van der Waals surface area contributed by atoms with Gasteiger partial charge in [-0.2, -0.15) is 5.10 Å². The van der Waals surface area contributed by atoms with Crippen molar-refractivity contribution in [2.24, 2.45) is 5.10 Å². The van der Waals surface area contributed by atoms with Crippen molar-refractivity contribution in [3.05, 3.63) is 108 Å². The van der Waals surface area contributed by atoms with E-state index < -0.39 is 0 Å². The number of aromatic nitrogens is 2. The van der Waals surface area contributed by atoms with Crippen molar-refractivity contribution in [3.63, 3.8) is 0 Å². The van der Waals surface area contributed by atoms with Crippen LogP contribution in [0.3, 0.4) is 0 Å². The van der Waals surface area contributed by atoms with Gasteiger partial charge in [0.25, 0.3) is 0 Å². The molecule has 4 nitrogen and oxygen atoms in total. The Morgan fingerprint density at radius 3 is 2.15 bits per heavy atom. The summed E-state index contributed by atoms with van der Waals surface area (Å²) in [6, 6.07) is 30.4. The standard InChI is InChI=1S/C23H20N4/c1-4-10-19(11-5-1)16-24-23-26-22(21-14-8-3-9-15-21)18-27(23)25-17-20-12-6-2-7-13-20/h1-15,17-18H,16H2,(H,24,26)/b25-17+. The highest BCUT2D eigenvalue weighted by Crippen LogP contribution is 2.21. The number of hydrogen-bond donors (Lipinski definition) is 1. The lowest BCUT2D eigenvalue weighted by Gasteiger charge is -2.05. The Bertz CT molecular complexity index is 1010. The van der Waals surface area contributed by atoms with E-state index in [4.69, 9.17) is 4.98 Å². The van der Waals surface area contributed by atoms with Crippen LogP contribution in [0.25, 0.3) is 11.3 Å². The van der Waals surface area contributed by atoms with Crippen molar-refractivity contribution in [3.8, 4) is 11.3 Å². The lowest BCUT2D eigenvalue weighted by molar-refractivity contribution is 0.873. The largest absolute Gasteiger partial charge is 0.350 e. The van der Waals surface area contributed by atoms with Crippen molar-refractivity contribution in [2.75, 3.05) is 5.32 Å². The average molecular weight is 352 g/mol. The molecule has 0 saturated carbocycles. The predicted molar refractivity (Wildman–Crippen MR) is 111 cm³/mol. The van der Waals surface area contributed by atoms with Crippen LogP contribution in [0, 0.1) is 0 Å². The summed E-state index contributed by atoms with van der Waals surface area (Å²) in [5.74, 6) is 0.713. The van der Waals surface area contributed by atoms with Crippen LogP contribution in [-0.2, 0) is 6.54 Å². The van der Waals surface area contributed by atoms with Crippen molar-refractivity contribution in [1.29, 1.82) is 0 Å². The monoisotopic (exact) mass is 352 g/mol. The van der Waals surface area contributed by atoms with E-state index in [2.05, 4.69) is 34.7 Å². The highest BCUT2D eigenvalue weighted by atomic mass is 15.4. The first-order chi connectivity index (χ1) is 13.4. The van der Waals surface area contributed by atoms with E-state index in [0.717, 1.165) is 16.8 Å². The molecule has 1 heterocycles. The van der Waals surface area contributed by atoms with Crippen molar-refractivity contribution in [1.82, 2.24) is 9.66 Å². The second kappa shape index (κ2) is 8.15. The van der Waals surface area contributed by atoms with E-state index in [9.17, 15) is 0 Å². The van der Waals surface area contributed by atoms with Crippen LogP contribution >= 0.6 is 0 Å². The Labute approximate surface area is 158 Å². The zero-order chi connectivity index (χ0) is 18.3. The second-order valence-corrected chi connectivity index (χ2v) is 6.15. The van der Waals surface area contributed by atoms with Crippen LogP contribution in [0.2, 0.25) is 0 Å². The number of nitrogens with zero attached hydrogens (tertiary/aromatic N) is 3. The maximum absolute atomic E-state index is 4.75. The lowest BCUT2D eigenvalue weighted by atomic mass is 10.2. The molecule has 0 aliphatic heterocycles. The maximum atomic E-state index is 4.75. The number of benzene rings is 3. The fourth-order valence-corrected chi connectivity index (χ4v) is 2.77. The van der Waals surface area contributed by atoms with Crippen molar-refractivity contribution < 1.29 is 0 Å². The summed E-state index contributed by atoms with van der Waals surface area (Å²) in [4.78, 5) is 4.75. The van der Waals surface area contributed by atoms with Crippen LogP contribution < -0.4 is 5.32 Å². The van der Waals surface area contributed by atoms with Gasteiger partial charge in [-0.15, -0.1) is 0 Å². The molecule has 132 valence electrons. The van der Waals surface area contributed by atoms with Gasteiger partial charge in [-0.3, -0.25) is 0 Å². The average Bonchev–Trinajstić information content (AvgIpc) is 3.16. The zero-order valence-electron chi connectivity index (χ0n) is 14.9. The molecule has 4 aromatic rings. The van der Waals surface area contributed by atoms with E-state index in [1.54, 1.807) is 4.68 Å². The Kier molecular flexibility index (Phi) is 5.07. The first kappa shape index (κ1) is 16.8. The van der Waals surface area contributed by atoms with E-state index in [-0.39, 0.29) is 0 Å². The molecule has 27 heavy (non-hydrogen) atoms. The molecule has 3 aromatic carbocycles. The molecule has 1 aromatic heterocycles. The number of hydrogen-bond acceptors (Lipinski definition) is 3. The van der Waals surface area contributed by atoms with E-state index in [1.807, 2.05) is 79.1 Å². The van der Waals surface area contributed by atoms with Crippen LogP contribution in [0.15, 0.2) is 102 Å². The fraction of sp³-hybridized carbons (Fsp3) is 0.0435. The van der Waals surface area contributed by atoms with Crippen molar-refractivity contribution >= 4 is 12.2 Å². The van der Waals surface area contributed by atoms with Crippen LogP contribution in [0.1, 0.15) is 11.1 Å². The van der Waals surface area contributed by atoms with Crippen LogP contribution in [0.5, 0.6) is 0 Å². The molecule has 4 heteroatoms. The summed E-state index contributed by atoms with van der Waals surface area (Å²) in [6.07, 6.45) is 3.78. The van der Waals surface area contributed by atoms with Gasteiger partial charge in [-0.05, 0) is 11.1 Å². The van der Waals surface area contributed by atoms with E-state index in [0.29, 0.717) is 12.5 Å². The van der Waals surface area contributed by atoms with Gasteiger partial charge in [0.2, 0.25) is 5.95 Å². The summed E-state index contributed by atoms with van der Waals surface area (Å²) in [6.45, 7) is 0.687. The quantitative estimate of drug-likeness (QED) is 0.494. The van der Waals surface area contributed by atoms with E-state index >= 15 is 0 Å². The molecular formula is C23H20N4. The normalized spacial score (nSPS) is 11.0. The number of imidazole rings is 1. The molecular weight excluding hydrogens is 332 g/mol. The van der Waals surface area contributed by atoms with Crippen LogP contribution in [0.4, 0.5) is 5.95 Å². The van der Waals surface area contributed by atoms with Gasteiger partial charge in [-0.25, -0.2) is 9.66 Å². The van der Waals surface area contributed by atoms with Crippen molar-refractivity contribution in [2.45, 2.75) is 6.54 Å². The smallest absolute Gasteiger partial charge is 0.224 e. The second-order valence-electron chi connectivity index (χ2n) is 6.15. The van der Waals surface area contributed by atoms with Gasteiger partial charge in [0.15, 0.2) is 0 Å². The number of anilines is 1. The molecule has 0 amide bonds. The van der Waals surface area contributed by atoms with Gasteiger partial charge in [0, 0.05) is 12.1 Å². The van der Waals surface area contributed by atoms with Gasteiger partial charge < -0.3 is 5.32 Å². The minimum atomic E-state index is 0.687. The first-order valence-electron chi connectivity index (χ1n) is 8.90. The topological polar surface area (TPSA) is 42.2 Å². The third-order valence-corrected chi connectivity index (χ3v) is 4.18. The SMILES string of the molecule is C(=N\n1cc(-c2ccccc2)nc1NCc1ccccc1)/c1ccccc1. The lowest BCUT2D eigenvalue weighted by Crippen LogP contribution is -2.04. The number of nitrogens with one attached hydrogen (secondary N) is 1. The Morgan fingerprint density at radius 1 is 0.815 bits per heavy atom. The Morgan fingerprint density at radius 2 is 1.44 bits per heavy atom. The van der Waals surface area contributed by atoms with Gasteiger partial charge in [0.1, 0.15) is 0 Å². The fourth-order valence-electron chi connectivity index (χ4n) is 2.77. The summed E-state index contributed by atoms with van der Waals surface area (Å²) in [5, 5.41) is 8.00. The molecule has 0 atom stereocenters. The van der Waals surface area contributed by atoms with Crippen LogP contribution in [-0.4, -0.2) is 15.9 Å². The summed E-state index contributed by atoms with van der Waals surface area (Å²) < 4.78 is 1.79. The van der Waals surface area contributed by atoms with E-state index in [1.165, 1.54) is 5.56 Å². The molecule has 0 aliphatic carbocycles. The molecule has 0 aliphatic rings. The summed E-state index contributed by atoms with van der Waals surface area (Å²) >= 11 is 0. The molecule has 0 spiro atoms. The minimum absolute atomic E-state index is 0.687. The minimum Gasteiger partial charge on any atom is -0.350 e. The molecule has 4 rings (SSSR count). The molecule has 0 unspecified atom stereocenters. The molecule has 0 bridgehead atoms. The predicted octanol–water partition coefficient (Wildman–Crippen LogP) is 5.04. The Hall–Kier alpha value is -3.66. The summed E-state index contributed by atoms with van der Waals surface area (Å²) in [7, 11) is 0. The molecule has 0 saturated heterocycles. The highest BCUT2D eigenvalue weighted by Gasteiger charge is 2.09. The summed E-state index contributed by atoms with van der Waals surface area (Å²) in [5.41, 5.74) is 4.19.